The molecule has 21 heavy (non-hydrogen) atoms. The van der Waals surface area contributed by atoms with Crippen molar-refractivity contribution < 1.29 is 13.2 Å². The summed E-state index contributed by atoms with van der Waals surface area (Å²) >= 11 is 1.58. The maximum absolute atomic E-state index is 12.1. The summed E-state index contributed by atoms with van der Waals surface area (Å²) < 4.78 is 26.5. The Morgan fingerprint density at radius 2 is 2.29 bits per heavy atom. The molecule has 0 aliphatic carbocycles. The number of sulfonamides is 1. The van der Waals surface area contributed by atoms with Gasteiger partial charge in [0.1, 0.15) is 5.84 Å². The van der Waals surface area contributed by atoms with Crippen molar-refractivity contribution in [3.05, 3.63) is 46.3 Å². The van der Waals surface area contributed by atoms with Gasteiger partial charge in [-0.25, -0.2) is 8.42 Å². The van der Waals surface area contributed by atoms with Crippen LogP contribution in [0.3, 0.4) is 0 Å². The number of hydrogen-bond donors (Lipinski definition) is 1. The van der Waals surface area contributed by atoms with Crippen molar-refractivity contribution in [3.63, 3.8) is 0 Å². The molecule has 1 N–H and O–H groups in total. The minimum absolute atomic E-state index is 0.0368. The Balaban J connectivity index is 1.69. The molecule has 0 fully saturated rings. The molecule has 2 aliphatic heterocycles. The highest BCUT2D eigenvalue weighted by molar-refractivity contribution is 7.90. The van der Waals surface area contributed by atoms with Crippen LogP contribution in [0.2, 0.25) is 0 Å². The van der Waals surface area contributed by atoms with Crippen molar-refractivity contribution in [2.75, 3.05) is 12.3 Å². The lowest BCUT2D eigenvalue weighted by Crippen LogP contribution is -2.38. The van der Waals surface area contributed by atoms with Crippen molar-refractivity contribution in [2.45, 2.75) is 6.54 Å². The molecule has 1 amide bonds. The van der Waals surface area contributed by atoms with E-state index in [4.69, 9.17) is 0 Å². The predicted molar refractivity (Wildman–Crippen MR) is 81.3 cm³/mol. The number of carbonyl (C=O) groups excluding carboxylic acids is 1. The Hall–Kier alpha value is -1.93. The van der Waals surface area contributed by atoms with E-state index < -0.39 is 10.0 Å². The van der Waals surface area contributed by atoms with Gasteiger partial charge >= 0.3 is 0 Å². The summed E-state index contributed by atoms with van der Waals surface area (Å²) in [6, 6.07) is 3.89. The molecule has 6 nitrogen and oxygen atoms in total. The standard InChI is InChI=1S/C13H13N3O3S2/c17-13(14-8-11-2-1-6-20-11)10-3-4-12-15-21(18,19)7-5-16(12)9-10/h1-4,6,9H,5,7-8H2,(H,14,17). The molecule has 0 unspecified atom stereocenters. The van der Waals surface area contributed by atoms with Crippen LogP contribution >= 0.6 is 11.3 Å². The summed E-state index contributed by atoms with van der Waals surface area (Å²) in [6.45, 7) is 0.796. The Labute approximate surface area is 126 Å². The van der Waals surface area contributed by atoms with Crippen LogP contribution in [-0.4, -0.2) is 37.4 Å². The maximum atomic E-state index is 12.1. The second kappa shape index (κ2) is 5.45. The summed E-state index contributed by atoms with van der Waals surface area (Å²) in [6.07, 6.45) is 4.77. The quantitative estimate of drug-likeness (QED) is 0.895. The molecular weight excluding hydrogens is 310 g/mol. The third kappa shape index (κ3) is 3.22. The highest BCUT2D eigenvalue weighted by Gasteiger charge is 2.24. The van der Waals surface area contributed by atoms with Crippen LogP contribution in [0.4, 0.5) is 0 Å². The molecule has 3 rings (SSSR count). The zero-order valence-electron chi connectivity index (χ0n) is 11.0. The van der Waals surface area contributed by atoms with Gasteiger partial charge in [-0.1, -0.05) is 6.07 Å². The molecule has 3 heterocycles. The van der Waals surface area contributed by atoms with Crippen molar-refractivity contribution in [1.82, 2.24) is 10.2 Å². The largest absolute Gasteiger partial charge is 0.347 e. The number of rotatable bonds is 3. The van der Waals surface area contributed by atoms with Gasteiger partial charge in [0.15, 0.2) is 0 Å². The van der Waals surface area contributed by atoms with Crippen LogP contribution in [0.5, 0.6) is 0 Å². The number of thiophene rings is 1. The molecule has 110 valence electrons. The van der Waals surface area contributed by atoms with Crippen molar-refractivity contribution >= 4 is 33.1 Å². The fourth-order valence-electron chi connectivity index (χ4n) is 2.02. The number of amides is 1. The molecule has 0 aromatic carbocycles. The number of hydrogen-bond acceptors (Lipinski definition) is 5. The molecule has 0 spiro atoms. The lowest BCUT2D eigenvalue weighted by Gasteiger charge is -2.26. The highest BCUT2D eigenvalue weighted by atomic mass is 32.2. The Kier molecular flexibility index (Phi) is 3.64. The van der Waals surface area contributed by atoms with E-state index in [9.17, 15) is 13.2 Å². The molecule has 0 atom stereocenters. The summed E-state index contributed by atoms with van der Waals surface area (Å²) in [7, 11) is -3.36. The minimum atomic E-state index is -3.36. The molecule has 2 aliphatic rings. The van der Waals surface area contributed by atoms with Gasteiger partial charge in [-0.05, 0) is 23.6 Å². The van der Waals surface area contributed by atoms with Gasteiger partial charge in [-0.2, -0.15) is 0 Å². The second-order valence-corrected chi connectivity index (χ2v) is 7.40. The van der Waals surface area contributed by atoms with Gasteiger partial charge in [-0.3, -0.25) is 4.79 Å². The average Bonchev–Trinajstić information content (AvgIpc) is 2.96. The van der Waals surface area contributed by atoms with Crippen molar-refractivity contribution in [2.24, 2.45) is 4.40 Å². The van der Waals surface area contributed by atoms with E-state index in [1.54, 1.807) is 34.6 Å². The summed E-state index contributed by atoms with van der Waals surface area (Å²) in [4.78, 5) is 14.8. The summed E-state index contributed by atoms with van der Waals surface area (Å²) in [5, 5.41) is 4.79. The van der Waals surface area contributed by atoms with E-state index in [1.807, 2.05) is 17.5 Å². The summed E-state index contributed by atoms with van der Waals surface area (Å²) in [5.41, 5.74) is 0.491. The van der Waals surface area contributed by atoms with Crippen LogP contribution in [0.1, 0.15) is 4.88 Å². The number of carbonyl (C=O) groups is 1. The van der Waals surface area contributed by atoms with Gasteiger partial charge in [0.05, 0.1) is 17.9 Å². The van der Waals surface area contributed by atoms with Gasteiger partial charge in [-0.15, -0.1) is 15.7 Å². The number of fused-ring (bicyclic) bond motifs is 1. The first-order chi connectivity index (χ1) is 10.0. The minimum Gasteiger partial charge on any atom is -0.347 e. The SMILES string of the molecule is O=C(NCc1cccs1)C1=CN2CCS(=O)(=O)N=C2C=C1. The van der Waals surface area contributed by atoms with E-state index in [0.717, 1.165) is 4.88 Å². The fourth-order valence-corrected chi connectivity index (χ4v) is 3.63. The van der Waals surface area contributed by atoms with Crippen LogP contribution in [0.15, 0.2) is 45.8 Å². The van der Waals surface area contributed by atoms with Gasteiger partial charge in [0.2, 0.25) is 0 Å². The molecule has 1 aromatic rings. The van der Waals surface area contributed by atoms with Crippen molar-refractivity contribution in [3.8, 4) is 0 Å². The lowest BCUT2D eigenvalue weighted by atomic mass is 10.2. The first-order valence-corrected chi connectivity index (χ1v) is 8.82. The number of amidine groups is 1. The van der Waals surface area contributed by atoms with Crippen LogP contribution in [-0.2, 0) is 21.4 Å². The third-order valence-corrected chi connectivity index (χ3v) is 5.13. The Morgan fingerprint density at radius 1 is 1.43 bits per heavy atom. The predicted octanol–water partition coefficient (Wildman–Crippen LogP) is 0.862. The molecule has 0 saturated heterocycles. The summed E-state index contributed by atoms with van der Waals surface area (Å²) in [5.74, 6) is 0.133. The Morgan fingerprint density at radius 3 is 3.05 bits per heavy atom. The first kappa shape index (κ1) is 14.0. The number of nitrogens with zero attached hydrogens (tertiary/aromatic N) is 2. The number of nitrogens with one attached hydrogen (secondary N) is 1. The molecular formula is C13H13N3O3S2. The highest BCUT2D eigenvalue weighted by Crippen LogP contribution is 2.16. The van der Waals surface area contributed by atoms with E-state index in [-0.39, 0.29) is 11.7 Å². The van der Waals surface area contributed by atoms with Gasteiger partial charge < -0.3 is 10.2 Å². The zero-order valence-corrected chi connectivity index (χ0v) is 12.7. The molecule has 0 radical (unpaired) electrons. The monoisotopic (exact) mass is 323 g/mol. The topological polar surface area (TPSA) is 78.8 Å². The zero-order chi connectivity index (χ0) is 14.9. The van der Waals surface area contributed by atoms with E-state index in [1.165, 1.54) is 0 Å². The van der Waals surface area contributed by atoms with E-state index >= 15 is 0 Å². The maximum Gasteiger partial charge on any atom is 0.256 e. The molecule has 0 bridgehead atoms. The lowest BCUT2D eigenvalue weighted by molar-refractivity contribution is -0.117. The smallest absolute Gasteiger partial charge is 0.256 e. The first-order valence-electron chi connectivity index (χ1n) is 6.33. The second-order valence-electron chi connectivity index (χ2n) is 4.61. The normalized spacial score (nSPS) is 19.5. The van der Waals surface area contributed by atoms with E-state index in [2.05, 4.69) is 9.71 Å². The average molecular weight is 323 g/mol. The van der Waals surface area contributed by atoms with E-state index in [0.29, 0.717) is 24.5 Å². The third-order valence-electron chi connectivity index (χ3n) is 3.09. The van der Waals surface area contributed by atoms with Gasteiger partial charge in [0.25, 0.3) is 15.9 Å². The van der Waals surface area contributed by atoms with Crippen LogP contribution < -0.4 is 5.32 Å². The van der Waals surface area contributed by atoms with Gasteiger partial charge in [0, 0.05) is 17.6 Å². The molecule has 8 heteroatoms. The molecule has 1 aromatic heterocycles. The van der Waals surface area contributed by atoms with Crippen LogP contribution in [0, 0.1) is 0 Å². The Bertz CT molecular complexity index is 746. The van der Waals surface area contributed by atoms with Crippen molar-refractivity contribution in [1.29, 1.82) is 0 Å². The van der Waals surface area contributed by atoms with Crippen LogP contribution in [0.25, 0.3) is 0 Å². The molecule has 0 saturated carbocycles. The fraction of sp³-hybridized carbons (Fsp3) is 0.231.